The van der Waals surface area contributed by atoms with Gasteiger partial charge in [-0.2, -0.15) is 0 Å². The maximum atomic E-state index is 12.6. The zero-order valence-electron chi connectivity index (χ0n) is 15.8. The molecule has 0 aliphatic heterocycles. The first-order valence-electron chi connectivity index (χ1n) is 8.57. The fraction of sp³-hybridized carbons (Fsp3) is 0.136. The molecule has 0 spiro atoms. The van der Waals surface area contributed by atoms with Crippen LogP contribution in [-0.2, 0) is 0 Å². The van der Waals surface area contributed by atoms with Crippen LogP contribution >= 0.6 is 22.6 Å². The van der Waals surface area contributed by atoms with Gasteiger partial charge in [-0.25, -0.2) is 0 Å². The highest BCUT2D eigenvalue weighted by molar-refractivity contribution is 14.1. The number of nitrogens with one attached hydrogen (secondary N) is 1. The first-order chi connectivity index (χ1) is 13.5. The summed E-state index contributed by atoms with van der Waals surface area (Å²) in [5.41, 5.74) is 2.34. The predicted octanol–water partition coefficient (Wildman–Crippen LogP) is 5.66. The van der Waals surface area contributed by atoms with E-state index in [1.54, 1.807) is 38.5 Å². The molecule has 0 heterocycles. The Bertz CT molecular complexity index is 969. The molecule has 5 nitrogen and oxygen atoms in total. The Labute approximate surface area is 177 Å². The van der Waals surface area contributed by atoms with E-state index in [0.29, 0.717) is 28.5 Å². The van der Waals surface area contributed by atoms with E-state index < -0.39 is 0 Å². The number of rotatable bonds is 6. The first kappa shape index (κ1) is 20.0. The zero-order valence-corrected chi connectivity index (χ0v) is 17.9. The third kappa shape index (κ3) is 4.75. The van der Waals surface area contributed by atoms with Gasteiger partial charge in [-0.15, -0.1) is 0 Å². The molecule has 0 aliphatic carbocycles. The average Bonchev–Trinajstić information content (AvgIpc) is 2.70. The summed E-state index contributed by atoms with van der Waals surface area (Å²) in [5.74, 6) is 2.36. The van der Waals surface area contributed by atoms with Crippen LogP contribution in [0.15, 0.2) is 60.7 Å². The van der Waals surface area contributed by atoms with E-state index >= 15 is 0 Å². The third-order valence-corrected chi connectivity index (χ3v) is 4.87. The van der Waals surface area contributed by atoms with E-state index in [9.17, 15) is 4.79 Å². The lowest BCUT2D eigenvalue weighted by Crippen LogP contribution is -2.12. The van der Waals surface area contributed by atoms with Crippen LogP contribution in [-0.4, -0.2) is 20.1 Å². The highest BCUT2D eigenvalue weighted by atomic mass is 127. The van der Waals surface area contributed by atoms with Gasteiger partial charge >= 0.3 is 0 Å². The molecule has 0 radical (unpaired) electrons. The largest absolute Gasteiger partial charge is 0.493 e. The maximum absolute atomic E-state index is 12.6. The van der Waals surface area contributed by atoms with Gasteiger partial charge < -0.3 is 19.5 Å². The second-order valence-electron chi connectivity index (χ2n) is 6.09. The quantitative estimate of drug-likeness (QED) is 0.454. The molecule has 1 N–H and O–H groups in total. The molecule has 144 valence electrons. The Balaban J connectivity index is 1.70. The Morgan fingerprint density at radius 1 is 0.893 bits per heavy atom. The summed E-state index contributed by atoms with van der Waals surface area (Å²) in [6.45, 7) is 2.03. The minimum atomic E-state index is -0.230. The van der Waals surface area contributed by atoms with Crippen molar-refractivity contribution >= 4 is 34.2 Å². The van der Waals surface area contributed by atoms with Gasteiger partial charge in [0.05, 0.1) is 17.8 Å². The van der Waals surface area contributed by atoms with Crippen molar-refractivity contribution in [1.82, 2.24) is 0 Å². The highest BCUT2D eigenvalue weighted by Gasteiger charge is 2.15. The normalized spacial score (nSPS) is 10.3. The number of carbonyl (C=O) groups excluding carboxylic acids is 1. The Morgan fingerprint density at radius 2 is 1.50 bits per heavy atom. The summed E-state index contributed by atoms with van der Waals surface area (Å²) >= 11 is 2.11. The van der Waals surface area contributed by atoms with Crippen molar-refractivity contribution in [3.05, 3.63) is 75.4 Å². The number of hydrogen-bond donors (Lipinski definition) is 1. The Kier molecular flexibility index (Phi) is 6.41. The van der Waals surface area contributed by atoms with Crippen molar-refractivity contribution < 1.29 is 19.0 Å². The van der Waals surface area contributed by atoms with Gasteiger partial charge in [0, 0.05) is 11.3 Å². The molecule has 0 saturated heterocycles. The monoisotopic (exact) mass is 489 g/mol. The zero-order chi connectivity index (χ0) is 20.1. The molecule has 3 aromatic rings. The summed E-state index contributed by atoms with van der Waals surface area (Å²) in [7, 11) is 3.11. The summed E-state index contributed by atoms with van der Waals surface area (Å²) in [6.07, 6.45) is 0. The number of hydrogen-bond acceptors (Lipinski definition) is 4. The number of amides is 1. The first-order valence-corrected chi connectivity index (χ1v) is 9.65. The van der Waals surface area contributed by atoms with Gasteiger partial charge in [-0.05, 0) is 78.0 Å². The van der Waals surface area contributed by atoms with Crippen molar-refractivity contribution in [2.75, 3.05) is 19.5 Å². The molecule has 0 saturated carbocycles. The number of methoxy groups -OCH3 is 2. The smallest absolute Gasteiger partial charge is 0.255 e. The van der Waals surface area contributed by atoms with E-state index in [4.69, 9.17) is 14.2 Å². The van der Waals surface area contributed by atoms with Crippen molar-refractivity contribution in [3.63, 3.8) is 0 Å². The summed E-state index contributed by atoms with van der Waals surface area (Å²) < 4.78 is 17.2. The summed E-state index contributed by atoms with van der Waals surface area (Å²) in [5, 5.41) is 2.88. The van der Waals surface area contributed by atoms with Crippen LogP contribution in [0.5, 0.6) is 23.0 Å². The molecule has 0 atom stereocenters. The standard InChI is InChI=1S/C22H20INO4/c1-14-4-8-17(9-5-14)28-18-10-6-16(7-11-18)24-22(25)15-12-19(23)21(27-3)20(13-15)26-2/h4-13H,1-3H3,(H,24,25). The molecule has 0 aromatic heterocycles. The van der Waals surface area contributed by atoms with Crippen LogP contribution in [0.1, 0.15) is 15.9 Å². The number of aryl methyl sites for hydroxylation is 1. The van der Waals surface area contributed by atoms with Gasteiger partial charge in [0.2, 0.25) is 0 Å². The number of anilines is 1. The van der Waals surface area contributed by atoms with E-state index in [1.807, 2.05) is 43.3 Å². The molecule has 1 amide bonds. The topological polar surface area (TPSA) is 56.8 Å². The molecule has 6 heteroatoms. The van der Waals surface area contributed by atoms with Gasteiger partial charge in [-0.3, -0.25) is 4.79 Å². The van der Waals surface area contributed by atoms with Crippen molar-refractivity contribution in [2.45, 2.75) is 6.92 Å². The fourth-order valence-corrected chi connectivity index (χ4v) is 3.42. The maximum Gasteiger partial charge on any atom is 0.255 e. The number of ether oxygens (including phenoxy) is 3. The van der Waals surface area contributed by atoms with E-state index in [-0.39, 0.29) is 5.91 Å². The van der Waals surface area contributed by atoms with Crippen LogP contribution in [0, 0.1) is 10.5 Å². The van der Waals surface area contributed by atoms with Crippen LogP contribution < -0.4 is 19.5 Å². The third-order valence-electron chi connectivity index (χ3n) is 4.06. The lowest BCUT2D eigenvalue weighted by Gasteiger charge is -2.12. The molecule has 0 bridgehead atoms. The second kappa shape index (κ2) is 8.97. The number of carbonyl (C=O) groups is 1. The van der Waals surface area contributed by atoms with Crippen molar-refractivity contribution in [1.29, 1.82) is 0 Å². The molecule has 0 fully saturated rings. The van der Waals surface area contributed by atoms with E-state index in [1.165, 1.54) is 5.56 Å². The van der Waals surface area contributed by atoms with Gasteiger partial charge in [0.1, 0.15) is 11.5 Å². The molecule has 0 unspecified atom stereocenters. The lowest BCUT2D eigenvalue weighted by atomic mass is 10.2. The van der Waals surface area contributed by atoms with Crippen molar-refractivity contribution in [2.24, 2.45) is 0 Å². The molecular weight excluding hydrogens is 469 g/mol. The van der Waals surface area contributed by atoms with Gasteiger partial charge in [0.25, 0.3) is 5.91 Å². The molecular formula is C22H20INO4. The minimum absolute atomic E-state index is 0.230. The molecule has 3 aromatic carbocycles. The van der Waals surface area contributed by atoms with E-state index in [2.05, 4.69) is 27.9 Å². The number of benzene rings is 3. The van der Waals surface area contributed by atoms with Crippen LogP contribution in [0.2, 0.25) is 0 Å². The van der Waals surface area contributed by atoms with Crippen LogP contribution in [0.4, 0.5) is 5.69 Å². The predicted molar refractivity (Wildman–Crippen MR) is 118 cm³/mol. The average molecular weight is 489 g/mol. The highest BCUT2D eigenvalue weighted by Crippen LogP contribution is 2.33. The number of halogens is 1. The van der Waals surface area contributed by atoms with Crippen LogP contribution in [0.25, 0.3) is 0 Å². The second-order valence-corrected chi connectivity index (χ2v) is 7.25. The van der Waals surface area contributed by atoms with Crippen molar-refractivity contribution in [3.8, 4) is 23.0 Å². The van der Waals surface area contributed by atoms with Crippen LogP contribution in [0.3, 0.4) is 0 Å². The minimum Gasteiger partial charge on any atom is -0.493 e. The Morgan fingerprint density at radius 3 is 2.07 bits per heavy atom. The van der Waals surface area contributed by atoms with Gasteiger partial charge in [0.15, 0.2) is 11.5 Å². The fourth-order valence-electron chi connectivity index (χ4n) is 2.60. The Hall–Kier alpha value is -2.74. The SMILES string of the molecule is COc1cc(C(=O)Nc2ccc(Oc3ccc(C)cc3)cc2)cc(I)c1OC. The van der Waals surface area contributed by atoms with E-state index in [0.717, 1.165) is 9.32 Å². The molecule has 0 aliphatic rings. The summed E-state index contributed by atoms with van der Waals surface area (Å²) in [6, 6.07) is 18.5. The molecule has 3 rings (SSSR count). The van der Waals surface area contributed by atoms with Gasteiger partial charge in [-0.1, -0.05) is 17.7 Å². The molecule has 28 heavy (non-hydrogen) atoms. The lowest BCUT2D eigenvalue weighted by molar-refractivity contribution is 0.102. The summed E-state index contributed by atoms with van der Waals surface area (Å²) in [4.78, 5) is 12.6.